The SMILES string of the molecule is CCC(CC(C)(C)CN)NC. The molecule has 11 heavy (non-hydrogen) atoms. The number of rotatable bonds is 5. The molecule has 0 bridgehead atoms. The van der Waals surface area contributed by atoms with E-state index in [1.807, 2.05) is 7.05 Å². The molecule has 0 heterocycles. The quantitative estimate of drug-likeness (QED) is 0.634. The Balaban J connectivity index is 3.79. The van der Waals surface area contributed by atoms with Gasteiger partial charge in [-0.1, -0.05) is 20.8 Å². The summed E-state index contributed by atoms with van der Waals surface area (Å²) in [7, 11) is 2.01. The molecular weight excluding hydrogens is 136 g/mol. The van der Waals surface area contributed by atoms with E-state index in [0.717, 1.165) is 13.0 Å². The summed E-state index contributed by atoms with van der Waals surface area (Å²) in [6.07, 6.45) is 2.34. The van der Waals surface area contributed by atoms with Gasteiger partial charge in [-0.15, -0.1) is 0 Å². The van der Waals surface area contributed by atoms with Crippen molar-refractivity contribution in [2.24, 2.45) is 11.1 Å². The van der Waals surface area contributed by atoms with E-state index in [4.69, 9.17) is 5.73 Å². The number of hydrogen-bond acceptors (Lipinski definition) is 2. The van der Waals surface area contributed by atoms with Gasteiger partial charge < -0.3 is 11.1 Å². The maximum atomic E-state index is 5.64. The fourth-order valence-corrected chi connectivity index (χ4v) is 1.20. The maximum absolute atomic E-state index is 5.64. The van der Waals surface area contributed by atoms with E-state index < -0.39 is 0 Å². The molecule has 2 nitrogen and oxygen atoms in total. The van der Waals surface area contributed by atoms with Crippen LogP contribution in [0.5, 0.6) is 0 Å². The lowest BCUT2D eigenvalue weighted by molar-refractivity contribution is 0.292. The summed E-state index contributed by atoms with van der Waals surface area (Å²) in [4.78, 5) is 0. The summed E-state index contributed by atoms with van der Waals surface area (Å²) in [5.74, 6) is 0. The zero-order chi connectivity index (χ0) is 8.91. The van der Waals surface area contributed by atoms with Crippen LogP contribution < -0.4 is 11.1 Å². The molecule has 0 aliphatic rings. The first kappa shape index (κ1) is 10.9. The predicted octanol–water partition coefficient (Wildman–Crippen LogP) is 1.36. The van der Waals surface area contributed by atoms with Crippen molar-refractivity contribution in [3.05, 3.63) is 0 Å². The monoisotopic (exact) mass is 158 g/mol. The summed E-state index contributed by atoms with van der Waals surface area (Å²) in [5.41, 5.74) is 5.92. The van der Waals surface area contributed by atoms with Crippen LogP contribution >= 0.6 is 0 Å². The predicted molar refractivity (Wildman–Crippen MR) is 50.6 cm³/mol. The van der Waals surface area contributed by atoms with Crippen LogP contribution in [0.15, 0.2) is 0 Å². The smallest absolute Gasteiger partial charge is 0.00669 e. The Morgan fingerprint density at radius 3 is 2.27 bits per heavy atom. The van der Waals surface area contributed by atoms with Crippen molar-refractivity contribution in [3.8, 4) is 0 Å². The van der Waals surface area contributed by atoms with E-state index >= 15 is 0 Å². The molecule has 0 aromatic heterocycles. The third-order valence-corrected chi connectivity index (χ3v) is 2.25. The lowest BCUT2D eigenvalue weighted by Crippen LogP contribution is -2.34. The lowest BCUT2D eigenvalue weighted by Gasteiger charge is -2.27. The Morgan fingerprint density at radius 2 is 2.00 bits per heavy atom. The molecule has 1 unspecified atom stereocenters. The van der Waals surface area contributed by atoms with Gasteiger partial charge in [-0.05, 0) is 31.8 Å². The molecule has 0 aromatic carbocycles. The van der Waals surface area contributed by atoms with Gasteiger partial charge in [0.05, 0.1) is 0 Å². The van der Waals surface area contributed by atoms with E-state index in [9.17, 15) is 0 Å². The molecule has 68 valence electrons. The number of nitrogens with two attached hydrogens (primary N) is 1. The van der Waals surface area contributed by atoms with Gasteiger partial charge in [0, 0.05) is 6.04 Å². The first-order valence-corrected chi connectivity index (χ1v) is 4.43. The second-order valence-electron chi connectivity index (χ2n) is 3.97. The summed E-state index contributed by atoms with van der Waals surface area (Å²) < 4.78 is 0. The topological polar surface area (TPSA) is 38.0 Å². The molecule has 1 atom stereocenters. The second-order valence-corrected chi connectivity index (χ2v) is 3.97. The summed E-state index contributed by atoms with van der Waals surface area (Å²) in [6, 6.07) is 0.619. The molecule has 0 spiro atoms. The van der Waals surface area contributed by atoms with Crippen LogP contribution in [-0.2, 0) is 0 Å². The molecule has 2 heteroatoms. The zero-order valence-electron chi connectivity index (χ0n) is 8.28. The molecule has 0 fully saturated rings. The highest BCUT2D eigenvalue weighted by atomic mass is 14.9. The van der Waals surface area contributed by atoms with Crippen LogP contribution in [0.3, 0.4) is 0 Å². The summed E-state index contributed by atoms with van der Waals surface area (Å²) in [6.45, 7) is 7.40. The third kappa shape index (κ3) is 4.38. The highest BCUT2D eigenvalue weighted by molar-refractivity contribution is 4.76. The summed E-state index contributed by atoms with van der Waals surface area (Å²) >= 11 is 0. The van der Waals surface area contributed by atoms with Crippen molar-refractivity contribution in [1.82, 2.24) is 5.32 Å². The minimum Gasteiger partial charge on any atom is -0.330 e. The molecule has 0 amide bonds. The lowest BCUT2D eigenvalue weighted by atomic mass is 9.85. The Morgan fingerprint density at radius 1 is 1.45 bits per heavy atom. The van der Waals surface area contributed by atoms with Crippen molar-refractivity contribution in [3.63, 3.8) is 0 Å². The van der Waals surface area contributed by atoms with Gasteiger partial charge in [0.15, 0.2) is 0 Å². The molecule has 0 saturated heterocycles. The van der Waals surface area contributed by atoms with Crippen molar-refractivity contribution in [1.29, 1.82) is 0 Å². The minimum absolute atomic E-state index is 0.281. The largest absolute Gasteiger partial charge is 0.330 e. The standard InChI is InChI=1S/C9H22N2/c1-5-8(11-4)6-9(2,3)7-10/h8,11H,5-7,10H2,1-4H3. The van der Waals surface area contributed by atoms with Gasteiger partial charge in [0.1, 0.15) is 0 Å². The minimum atomic E-state index is 0.281. The average molecular weight is 158 g/mol. The van der Waals surface area contributed by atoms with E-state index in [2.05, 4.69) is 26.1 Å². The molecule has 0 aliphatic heterocycles. The molecule has 0 saturated carbocycles. The first-order chi connectivity index (χ1) is 5.05. The third-order valence-electron chi connectivity index (χ3n) is 2.25. The van der Waals surface area contributed by atoms with Crippen LogP contribution in [0.1, 0.15) is 33.6 Å². The molecular formula is C9H22N2. The van der Waals surface area contributed by atoms with Crippen LogP contribution in [0, 0.1) is 5.41 Å². The van der Waals surface area contributed by atoms with Crippen molar-refractivity contribution >= 4 is 0 Å². The first-order valence-electron chi connectivity index (χ1n) is 4.43. The fraction of sp³-hybridized carbons (Fsp3) is 1.00. The maximum Gasteiger partial charge on any atom is 0.00669 e. The van der Waals surface area contributed by atoms with Crippen molar-refractivity contribution < 1.29 is 0 Å². The van der Waals surface area contributed by atoms with Gasteiger partial charge in [-0.25, -0.2) is 0 Å². The van der Waals surface area contributed by atoms with Crippen molar-refractivity contribution in [2.45, 2.75) is 39.7 Å². The number of nitrogens with one attached hydrogen (secondary N) is 1. The van der Waals surface area contributed by atoms with Gasteiger partial charge in [0.2, 0.25) is 0 Å². The van der Waals surface area contributed by atoms with E-state index in [-0.39, 0.29) is 5.41 Å². The highest BCUT2D eigenvalue weighted by Crippen LogP contribution is 2.21. The van der Waals surface area contributed by atoms with Gasteiger partial charge in [-0.2, -0.15) is 0 Å². The molecule has 0 radical (unpaired) electrons. The summed E-state index contributed by atoms with van der Waals surface area (Å²) in [5, 5.41) is 3.29. The Kier molecular flexibility index (Phi) is 4.69. The molecule has 0 aromatic rings. The second kappa shape index (κ2) is 4.73. The Bertz CT molecular complexity index is 95.7. The zero-order valence-corrected chi connectivity index (χ0v) is 8.28. The normalized spacial score (nSPS) is 15.0. The fourth-order valence-electron chi connectivity index (χ4n) is 1.20. The average Bonchev–Trinajstić information content (AvgIpc) is 2.00. The Hall–Kier alpha value is -0.0800. The number of hydrogen-bond donors (Lipinski definition) is 2. The van der Waals surface area contributed by atoms with Gasteiger partial charge in [0.25, 0.3) is 0 Å². The molecule has 0 aliphatic carbocycles. The Labute approximate surface area is 70.5 Å². The van der Waals surface area contributed by atoms with Crippen molar-refractivity contribution in [2.75, 3.05) is 13.6 Å². The van der Waals surface area contributed by atoms with Gasteiger partial charge >= 0.3 is 0 Å². The van der Waals surface area contributed by atoms with Crippen LogP contribution in [0.4, 0.5) is 0 Å². The highest BCUT2D eigenvalue weighted by Gasteiger charge is 2.19. The molecule has 0 rings (SSSR count). The van der Waals surface area contributed by atoms with Crippen LogP contribution in [-0.4, -0.2) is 19.6 Å². The molecule has 3 N–H and O–H groups in total. The van der Waals surface area contributed by atoms with Gasteiger partial charge in [-0.3, -0.25) is 0 Å². The van der Waals surface area contributed by atoms with E-state index in [1.165, 1.54) is 6.42 Å². The van der Waals surface area contributed by atoms with E-state index in [1.54, 1.807) is 0 Å². The van der Waals surface area contributed by atoms with E-state index in [0.29, 0.717) is 6.04 Å². The van der Waals surface area contributed by atoms with Crippen LogP contribution in [0.2, 0.25) is 0 Å². The van der Waals surface area contributed by atoms with Crippen LogP contribution in [0.25, 0.3) is 0 Å².